The minimum absolute atomic E-state index is 0.205. The van der Waals surface area contributed by atoms with Crippen molar-refractivity contribution >= 4 is 23.4 Å². The molecule has 0 fully saturated rings. The molecular formula is C37H40N2O7S. The number of carbonyl (C=O) groups is 1. The molecule has 0 radical (unpaired) electrons. The third kappa shape index (κ3) is 7.44. The number of methoxy groups -OCH3 is 2. The summed E-state index contributed by atoms with van der Waals surface area (Å²) in [7, 11) is 3.16. The Morgan fingerprint density at radius 2 is 1.64 bits per heavy atom. The highest BCUT2D eigenvalue weighted by atomic mass is 32.1. The fraction of sp³-hybridized carbons (Fsp3) is 0.324. The van der Waals surface area contributed by atoms with E-state index in [0.717, 1.165) is 23.3 Å². The number of hydrogen-bond acceptors (Lipinski definition) is 9. The molecule has 0 amide bonds. The van der Waals surface area contributed by atoms with Gasteiger partial charge in [-0.3, -0.25) is 9.36 Å². The van der Waals surface area contributed by atoms with Gasteiger partial charge >= 0.3 is 5.97 Å². The lowest BCUT2D eigenvalue weighted by Gasteiger charge is -2.24. The molecule has 47 heavy (non-hydrogen) atoms. The first-order valence-corrected chi connectivity index (χ1v) is 16.5. The first kappa shape index (κ1) is 33.5. The zero-order chi connectivity index (χ0) is 33.5. The number of carbonyl (C=O) groups excluding carboxylic acids is 1. The average molecular weight is 657 g/mol. The van der Waals surface area contributed by atoms with Gasteiger partial charge in [-0.2, -0.15) is 0 Å². The van der Waals surface area contributed by atoms with Crippen molar-refractivity contribution in [2.45, 2.75) is 46.1 Å². The normalized spacial score (nSPS) is 15.0. The molecule has 0 bridgehead atoms. The molecule has 1 aliphatic rings. The Bertz CT molecular complexity index is 1930. The molecule has 10 heteroatoms. The highest BCUT2D eigenvalue weighted by molar-refractivity contribution is 7.07. The van der Waals surface area contributed by atoms with Crippen LogP contribution in [0.5, 0.6) is 23.0 Å². The summed E-state index contributed by atoms with van der Waals surface area (Å²) < 4.78 is 30.2. The number of nitrogens with zero attached hydrogens (tertiary/aromatic N) is 2. The van der Waals surface area contributed by atoms with Crippen LogP contribution in [0.3, 0.4) is 0 Å². The zero-order valence-corrected chi connectivity index (χ0v) is 28.4. The molecule has 3 aromatic carbocycles. The van der Waals surface area contributed by atoms with Crippen LogP contribution < -0.4 is 33.8 Å². The van der Waals surface area contributed by atoms with Crippen LogP contribution >= 0.6 is 11.3 Å². The predicted molar refractivity (Wildman–Crippen MR) is 183 cm³/mol. The van der Waals surface area contributed by atoms with Crippen molar-refractivity contribution in [3.05, 3.63) is 114 Å². The number of aromatic nitrogens is 1. The molecule has 5 rings (SSSR count). The summed E-state index contributed by atoms with van der Waals surface area (Å²) in [5, 5.41) is 0. The van der Waals surface area contributed by atoms with Crippen LogP contribution in [0.1, 0.15) is 62.8 Å². The van der Waals surface area contributed by atoms with Crippen LogP contribution in [-0.2, 0) is 9.53 Å². The molecule has 0 unspecified atom stereocenters. The van der Waals surface area contributed by atoms with Crippen LogP contribution in [0, 0.1) is 0 Å². The van der Waals surface area contributed by atoms with Gasteiger partial charge in [0.1, 0.15) is 24.7 Å². The summed E-state index contributed by atoms with van der Waals surface area (Å²) in [6, 6.07) is 20.2. The Labute approximate surface area is 278 Å². The number of fused-ring (bicyclic) bond motifs is 1. The van der Waals surface area contributed by atoms with E-state index in [1.807, 2.05) is 42.5 Å². The first-order chi connectivity index (χ1) is 22.8. The van der Waals surface area contributed by atoms with Crippen molar-refractivity contribution in [3.63, 3.8) is 0 Å². The second-order valence-electron chi connectivity index (χ2n) is 11.1. The SMILES string of the molecule is CCOC(=O)C1=C(C)N=c2s/c(=C\c3ccc(OCCOc4ccc([C@@H](C)CC)cc4)c(OC)c3)c(=O)n2[C@@H]1c1ccc(OC)cc1. The Hall–Kier alpha value is -4.83. The van der Waals surface area contributed by atoms with Crippen molar-refractivity contribution in [2.75, 3.05) is 34.0 Å². The van der Waals surface area contributed by atoms with Crippen LogP contribution in [0.25, 0.3) is 6.08 Å². The lowest BCUT2D eigenvalue weighted by molar-refractivity contribution is -0.139. The number of rotatable bonds is 13. The fourth-order valence-corrected chi connectivity index (χ4v) is 6.42. The van der Waals surface area contributed by atoms with E-state index in [1.165, 1.54) is 16.9 Å². The van der Waals surface area contributed by atoms with Gasteiger partial charge in [0.05, 0.1) is 42.7 Å². The summed E-state index contributed by atoms with van der Waals surface area (Å²) in [6.45, 7) is 8.80. The zero-order valence-electron chi connectivity index (χ0n) is 27.6. The Morgan fingerprint density at radius 1 is 0.936 bits per heavy atom. The molecule has 1 aliphatic heterocycles. The maximum Gasteiger partial charge on any atom is 0.338 e. The molecular weight excluding hydrogens is 616 g/mol. The van der Waals surface area contributed by atoms with Crippen molar-refractivity contribution in [1.29, 1.82) is 0 Å². The van der Waals surface area contributed by atoms with Gasteiger partial charge in [0.2, 0.25) is 0 Å². The summed E-state index contributed by atoms with van der Waals surface area (Å²) in [5.74, 6) is 2.57. The molecule has 0 spiro atoms. The van der Waals surface area contributed by atoms with Gasteiger partial charge in [-0.1, -0.05) is 55.5 Å². The molecule has 1 aromatic heterocycles. The van der Waals surface area contributed by atoms with Crippen molar-refractivity contribution in [3.8, 4) is 23.0 Å². The molecule has 0 N–H and O–H groups in total. The van der Waals surface area contributed by atoms with Gasteiger partial charge in [-0.05, 0) is 85.4 Å². The summed E-state index contributed by atoms with van der Waals surface area (Å²) in [5.41, 5.74) is 3.35. The number of allylic oxidation sites excluding steroid dienone is 1. The number of ether oxygens (including phenoxy) is 5. The fourth-order valence-electron chi connectivity index (χ4n) is 5.38. The van der Waals surface area contributed by atoms with Gasteiger partial charge < -0.3 is 23.7 Å². The number of hydrogen-bond donors (Lipinski definition) is 0. The molecule has 2 atom stereocenters. The maximum absolute atomic E-state index is 14.0. The van der Waals surface area contributed by atoms with E-state index >= 15 is 0 Å². The summed E-state index contributed by atoms with van der Waals surface area (Å²) in [4.78, 5) is 32.2. The van der Waals surface area contributed by atoms with E-state index < -0.39 is 12.0 Å². The van der Waals surface area contributed by atoms with E-state index in [0.29, 0.717) is 57.0 Å². The molecule has 246 valence electrons. The average Bonchev–Trinajstić information content (AvgIpc) is 3.39. The number of benzene rings is 3. The molecule has 0 aliphatic carbocycles. The van der Waals surface area contributed by atoms with Crippen LogP contribution in [0.2, 0.25) is 0 Å². The van der Waals surface area contributed by atoms with Crippen molar-refractivity contribution in [2.24, 2.45) is 4.99 Å². The van der Waals surface area contributed by atoms with E-state index in [2.05, 4.69) is 31.0 Å². The van der Waals surface area contributed by atoms with Gasteiger partial charge in [0.15, 0.2) is 16.3 Å². The lowest BCUT2D eigenvalue weighted by Crippen LogP contribution is -2.39. The second-order valence-corrected chi connectivity index (χ2v) is 12.1. The monoisotopic (exact) mass is 656 g/mol. The maximum atomic E-state index is 14.0. The molecule has 0 saturated heterocycles. The Morgan fingerprint density at radius 3 is 2.30 bits per heavy atom. The third-order valence-electron chi connectivity index (χ3n) is 8.11. The first-order valence-electron chi connectivity index (χ1n) is 15.6. The van der Waals surface area contributed by atoms with Gasteiger partial charge in [0.25, 0.3) is 5.56 Å². The van der Waals surface area contributed by atoms with Gasteiger partial charge in [-0.25, -0.2) is 9.79 Å². The summed E-state index contributed by atoms with van der Waals surface area (Å²) >= 11 is 1.26. The minimum atomic E-state index is -0.705. The van der Waals surface area contributed by atoms with Gasteiger partial charge in [0, 0.05) is 0 Å². The largest absolute Gasteiger partial charge is 0.497 e. The minimum Gasteiger partial charge on any atom is -0.497 e. The third-order valence-corrected chi connectivity index (χ3v) is 9.09. The number of thiazole rings is 1. The van der Waals surface area contributed by atoms with Crippen molar-refractivity contribution in [1.82, 2.24) is 4.57 Å². The van der Waals surface area contributed by atoms with Crippen LogP contribution in [0.15, 0.2) is 87.8 Å². The molecule has 0 saturated carbocycles. The van der Waals surface area contributed by atoms with E-state index in [4.69, 9.17) is 23.7 Å². The van der Waals surface area contributed by atoms with Crippen LogP contribution in [0.4, 0.5) is 0 Å². The smallest absolute Gasteiger partial charge is 0.338 e. The number of esters is 1. The van der Waals surface area contributed by atoms with E-state index in [1.54, 1.807) is 50.8 Å². The summed E-state index contributed by atoms with van der Waals surface area (Å²) in [6.07, 6.45) is 2.88. The second kappa shape index (κ2) is 15.2. The molecule has 9 nitrogen and oxygen atoms in total. The van der Waals surface area contributed by atoms with E-state index in [-0.39, 0.29) is 12.2 Å². The Kier molecular flexibility index (Phi) is 10.8. The van der Waals surface area contributed by atoms with E-state index in [9.17, 15) is 9.59 Å². The highest BCUT2D eigenvalue weighted by Crippen LogP contribution is 2.32. The standard InChI is InChI=1S/C37H40N2O7S/c1-7-23(3)26-10-16-29(17-11-26)45-19-20-46-30-18-9-25(21-31(30)43-6)22-32-35(40)39-34(27-12-14-28(42-5)15-13-27)33(36(41)44-8-2)24(4)38-37(39)47-32/h9-18,21-23,34H,7-8,19-20H2,1-6H3/b32-22-/t23-,34+/m0/s1. The highest BCUT2D eigenvalue weighted by Gasteiger charge is 2.33. The van der Waals surface area contributed by atoms with Gasteiger partial charge in [-0.15, -0.1) is 0 Å². The van der Waals surface area contributed by atoms with Crippen LogP contribution in [-0.4, -0.2) is 44.6 Å². The Balaban J connectivity index is 1.38. The molecule has 4 aromatic rings. The quantitative estimate of drug-likeness (QED) is 0.133. The predicted octanol–water partition coefficient (Wildman–Crippen LogP) is 5.79. The van der Waals surface area contributed by atoms with Crippen molar-refractivity contribution < 1.29 is 28.5 Å². The topological polar surface area (TPSA) is 97.6 Å². The molecule has 2 heterocycles. The lowest BCUT2D eigenvalue weighted by atomic mass is 9.96.